The molecule has 0 aliphatic carbocycles. The molecular formula is C9H17NO4. The number of ether oxygens (including phenoxy) is 1. The van der Waals surface area contributed by atoms with Crippen LogP contribution in [-0.4, -0.2) is 34.7 Å². The van der Waals surface area contributed by atoms with Crippen molar-refractivity contribution in [3.63, 3.8) is 0 Å². The zero-order valence-electron chi connectivity index (χ0n) is 8.27. The van der Waals surface area contributed by atoms with Crippen molar-refractivity contribution >= 4 is 5.91 Å². The highest BCUT2D eigenvalue weighted by Crippen LogP contribution is 2.16. The highest BCUT2D eigenvalue weighted by molar-refractivity contribution is 5.75. The van der Waals surface area contributed by atoms with Crippen molar-refractivity contribution in [3.8, 4) is 0 Å². The average molecular weight is 203 g/mol. The lowest BCUT2D eigenvalue weighted by atomic mass is 10.1. The molecule has 3 atom stereocenters. The van der Waals surface area contributed by atoms with Gasteiger partial charge in [0.15, 0.2) is 6.29 Å². The van der Waals surface area contributed by atoms with Crippen molar-refractivity contribution in [1.29, 1.82) is 0 Å². The third-order valence-electron chi connectivity index (χ3n) is 2.08. The van der Waals surface area contributed by atoms with Crippen molar-refractivity contribution < 1.29 is 19.7 Å². The monoisotopic (exact) mass is 203 g/mol. The van der Waals surface area contributed by atoms with Crippen LogP contribution in [0.5, 0.6) is 0 Å². The van der Waals surface area contributed by atoms with Gasteiger partial charge in [-0.05, 0) is 6.42 Å². The molecule has 0 aromatic heterocycles. The summed E-state index contributed by atoms with van der Waals surface area (Å²) in [6.07, 6.45) is -0.397. The maximum Gasteiger partial charge on any atom is 0.221 e. The molecule has 1 heterocycles. The van der Waals surface area contributed by atoms with Crippen molar-refractivity contribution in [2.24, 2.45) is 0 Å². The van der Waals surface area contributed by atoms with Gasteiger partial charge in [-0.2, -0.15) is 0 Å². The minimum absolute atomic E-state index is 0.112. The van der Waals surface area contributed by atoms with E-state index in [9.17, 15) is 9.90 Å². The van der Waals surface area contributed by atoms with E-state index in [0.717, 1.165) is 6.42 Å². The summed E-state index contributed by atoms with van der Waals surface area (Å²) in [5.41, 5.74) is 0. The van der Waals surface area contributed by atoms with Gasteiger partial charge in [0.1, 0.15) is 6.23 Å². The van der Waals surface area contributed by atoms with Crippen molar-refractivity contribution in [3.05, 3.63) is 0 Å². The lowest BCUT2D eigenvalue weighted by Crippen LogP contribution is -2.46. The summed E-state index contributed by atoms with van der Waals surface area (Å²) < 4.78 is 5.04. The Labute approximate surface area is 83.1 Å². The van der Waals surface area contributed by atoms with Crippen molar-refractivity contribution in [1.82, 2.24) is 5.32 Å². The standard InChI is InChI=1S/C9H17NO4/c1-2-3-7(12)10-8-4-6(11)5-9(13)14-8/h6,8-9,11,13H,2-5H2,1H3,(H,10,12)/t6-,8-,9+/m1/s1. The van der Waals surface area contributed by atoms with Crippen LogP contribution in [0.1, 0.15) is 32.6 Å². The van der Waals surface area contributed by atoms with Gasteiger partial charge < -0.3 is 20.3 Å². The Balaban J connectivity index is 2.33. The first-order chi connectivity index (χ1) is 6.61. The van der Waals surface area contributed by atoms with Gasteiger partial charge in [-0.3, -0.25) is 4.79 Å². The molecule has 3 N–H and O–H groups in total. The minimum Gasteiger partial charge on any atom is -0.393 e. The molecule has 0 aromatic rings. The summed E-state index contributed by atoms with van der Waals surface area (Å²) in [6, 6.07) is 0. The van der Waals surface area contributed by atoms with E-state index in [-0.39, 0.29) is 12.3 Å². The number of carbonyl (C=O) groups is 1. The van der Waals surface area contributed by atoms with Crippen LogP contribution in [-0.2, 0) is 9.53 Å². The molecule has 0 spiro atoms. The van der Waals surface area contributed by atoms with E-state index in [4.69, 9.17) is 9.84 Å². The molecule has 14 heavy (non-hydrogen) atoms. The number of aliphatic hydroxyl groups excluding tert-OH is 2. The fourth-order valence-electron chi connectivity index (χ4n) is 1.45. The van der Waals surface area contributed by atoms with Gasteiger partial charge in [0, 0.05) is 19.3 Å². The first-order valence-corrected chi connectivity index (χ1v) is 4.92. The first kappa shape index (κ1) is 11.4. The number of hydrogen-bond acceptors (Lipinski definition) is 4. The zero-order valence-corrected chi connectivity index (χ0v) is 8.27. The summed E-state index contributed by atoms with van der Waals surface area (Å²) in [5.74, 6) is -0.112. The topological polar surface area (TPSA) is 78.8 Å². The van der Waals surface area contributed by atoms with E-state index >= 15 is 0 Å². The summed E-state index contributed by atoms with van der Waals surface area (Å²) >= 11 is 0. The fraction of sp³-hybridized carbons (Fsp3) is 0.889. The minimum atomic E-state index is -0.981. The Kier molecular flexibility index (Phi) is 4.31. The van der Waals surface area contributed by atoms with Crippen LogP contribution in [0.3, 0.4) is 0 Å². The Hall–Kier alpha value is -0.650. The highest BCUT2D eigenvalue weighted by Gasteiger charge is 2.27. The van der Waals surface area contributed by atoms with Gasteiger partial charge in [-0.1, -0.05) is 6.92 Å². The lowest BCUT2D eigenvalue weighted by Gasteiger charge is -2.30. The van der Waals surface area contributed by atoms with Gasteiger partial charge in [-0.25, -0.2) is 0 Å². The quantitative estimate of drug-likeness (QED) is 0.589. The first-order valence-electron chi connectivity index (χ1n) is 4.92. The van der Waals surface area contributed by atoms with E-state index in [1.807, 2.05) is 6.92 Å². The van der Waals surface area contributed by atoms with Gasteiger partial charge in [-0.15, -0.1) is 0 Å². The predicted octanol–water partition coefficient (Wildman–Crippen LogP) is -0.282. The number of nitrogens with one attached hydrogen (secondary N) is 1. The molecule has 1 aliphatic rings. The molecule has 1 amide bonds. The van der Waals surface area contributed by atoms with Crippen LogP contribution in [0.4, 0.5) is 0 Å². The van der Waals surface area contributed by atoms with Crippen LogP contribution < -0.4 is 5.32 Å². The summed E-state index contributed by atoms with van der Waals surface area (Å²) in [7, 11) is 0. The second-order valence-corrected chi connectivity index (χ2v) is 3.52. The maximum atomic E-state index is 11.2. The number of rotatable bonds is 3. The SMILES string of the molecule is CCCC(=O)N[C@H]1C[C@@H](O)C[C@@H](O)O1. The molecule has 1 aliphatic heterocycles. The number of aliphatic hydroxyl groups is 2. The van der Waals surface area contributed by atoms with Crippen LogP contribution >= 0.6 is 0 Å². The molecule has 1 saturated heterocycles. The molecule has 0 saturated carbocycles. The highest BCUT2D eigenvalue weighted by atomic mass is 16.6. The Morgan fingerprint density at radius 2 is 2.21 bits per heavy atom. The molecule has 5 nitrogen and oxygen atoms in total. The number of hydrogen-bond donors (Lipinski definition) is 3. The van der Waals surface area contributed by atoms with E-state index in [0.29, 0.717) is 12.8 Å². The van der Waals surface area contributed by atoms with Crippen LogP contribution in [0, 0.1) is 0 Å². The van der Waals surface area contributed by atoms with E-state index in [2.05, 4.69) is 5.32 Å². The van der Waals surface area contributed by atoms with E-state index < -0.39 is 18.6 Å². The van der Waals surface area contributed by atoms with Gasteiger partial charge in [0.05, 0.1) is 6.10 Å². The zero-order chi connectivity index (χ0) is 10.6. The molecule has 0 aromatic carbocycles. The molecule has 0 unspecified atom stereocenters. The third-order valence-corrected chi connectivity index (χ3v) is 2.08. The molecular weight excluding hydrogens is 186 g/mol. The smallest absolute Gasteiger partial charge is 0.221 e. The third kappa shape index (κ3) is 3.61. The Morgan fingerprint density at radius 1 is 1.50 bits per heavy atom. The van der Waals surface area contributed by atoms with E-state index in [1.54, 1.807) is 0 Å². The number of carbonyl (C=O) groups excluding carboxylic acids is 1. The molecule has 0 bridgehead atoms. The van der Waals surface area contributed by atoms with Gasteiger partial charge >= 0.3 is 0 Å². The van der Waals surface area contributed by atoms with Crippen LogP contribution in [0.25, 0.3) is 0 Å². The summed E-state index contributed by atoms with van der Waals surface area (Å²) in [6.45, 7) is 1.91. The Bertz CT molecular complexity index is 187. The lowest BCUT2D eigenvalue weighted by molar-refractivity contribution is -0.197. The van der Waals surface area contributed by atoms with Crippen LogP contribution in [0.2, 0.25) is 0 Å². The molecule has 1 rings (SSSR count). The molecule has 0 radical (unpaired) electrons. The van der Waals surface area contributed by atoms with Crippen molar-refractivity contribution in [2.45, 2.75) is 51.2 Å². The second kappa shape index (κ2) is 5.29. The fourth-order valence-corrected chi connectivity index (χ4v) is 1.45. The second-order valence-electron chi connectivity index (χ2n) is 3.52. The Morgan fingerprint density at radius 3 is 2.79 bits per heavy atom. The van der Waals surface area contributed by atoms with Crippen molar-refractivity contribution in [2.75, 3.05) is 0 Å². The summed E-state index contributed by atoms with van der Waals surface area (Å²) in [5, 5.41) is 21.1. The van der Waals surface area contributed by atoms with E-state index in [1.165, 1.54) is 0 Å². The van der Waals surface area contributed by atoms with Crippen LogP contribution in [0.15, 0.2) is 0 Å². The normalized spacial score (nSPS) is 32.6. The summed E-state index contributed by atoms with van der Waals surface area (Å²) in [4.78, 5) is 11.2. The molecule has 1 fully saturated rings. The van der Waals surface area contributed by atoms with Gasteiger partial charge in [0.2, 0.25) is 5.91 Å². The van der Waals surface area contributed by atoms with Gasteiger partial charge in [0.25, 0.3) is 0 Å². The number of amides is 1. The average Bonchev–Trinajstić information content (AvgIpc) is 2.01. The predicted molar refractivity (Wildman–Crippen MR) is 49.2 cm³/mol. The largest absolute Gasteiger partial charge is 0.393 e. The maximum absolute atomic E-state index is 11.2. The molecule has 5 heteroatoms. The molecule has 82 valence electrons.